The Balaban J connectivity index is 1.79. The molecule has 0 saturated heterocycles. The number of fused-ring (bicyclic) bond motifs is 2. The smallest absolute Gasteiger partial charge is 0.345 e. The van der Waals surface area contributed by atoms with Crippen molar-refractivity contribution in [2.24, 2.45) is 0 Å². The zero-order valence-corrected chi connectivity index (χ0v) is 21.9. The van der Waals surface area contributed by atoms with Crippen LogP contribution in [-0.2, 0) is 10.1 Å². The van der Waals surface area contributed by atoms with E-state index in [0.29, 0.717) is 0 Å². The molecule has 2 aliphatic rings. The fourth-order valence-electron chi connectivity index (χ4n) is 4.10. The molecule has 1 aliphatic carbocycles. The van der Waals surface area contributed by atoms with Gasteiger partial charge in [0.05, 0.1) is 15.6 Å². The largest absolute Gasteiger partial charge is 0.478 e. The van der Waals surface area contributed by atoms with Crippen molar-refractivity contribution in [3.05, 3.63) is 103 Å². The number of hydrogen-bond acceptors (Lipinski definition) is 6. The molecule has 15 heteroatoms. The number of rotatable bonds is 5. The van der Waals surface area contributed by atoms with Crippen molar-refractivity contribution in [3.63, 3.8) is 0 Å². The number of carbonyl (C=O) groups is 1. The van der Waals surface area contributed by atoms with Crippen molar-refractivity contribution in [1.82, 2.24) is 0 Å². The van der Waals surface area contributed by atoms with Crippen LogP contribution in [0.5, 0.6) is 5.75 Å². The molecule has 3 aromatic rings. The Labute approximate surface area is 235 Å². The molecule has 1 heterocycles. The van der Waals surface area contributed by atoms with Gasteiger partial charge in [0.1, 0.15) is 11.3 Å². The van der Waals surface area contributed by atoms with Crippen LogP contribution in [0, 0.1) is 29.1 Å². The molecule has 0 saturated carbocycles. The van der Waals surface area contributed by atoms with Gasteiger partial charge in [-0.25, -0.2) is 26.7 Å². The first-order valence-corrected chi connectivity index (χ1v) is 13.1. The number of benzene rings is 4. The summed E-state index contributed by atoms with van der Waals surface area (Å²) >= 11 is 12.2. The van der Waals surface area contributed by atoms with Crippen molar-refractivity contribution < 1.29 is 48.9 Å². The van der Waals surface area contributed by atoms with Gasteiger partial charge in [0.15, 0.2) is 33.9 Å². The van der Waals surface area contributed by atoms with Crippen molar-refractivity contribution in [3.8, 4) is 28.2 Å². The highest BCUT2D eigenvalue weighted by molar-refractivity contribution is 7.87. The van der Waals surface area contributed by atoms with E-state index in [2.05, 4.69) is 4.18 Å². The van der Waals surface area contributed by atoms with E-state index < -0.39 is 66.3 Å². The lowest BCUT2D eigenvalue weighted by molar-refractivity contribution is 0.0697. The lowest BCUT2D eigenvalue weighted by Crippen LogP contribution is -2.17. The summed E-state index contributed by atoms with van der Waals surface area (Å²) in [5.41, 5.74) is -0.736. The van der Waals surface area contributed by atoms with Crippen LogP contribution in [0.4, 0.5) is 22.0 Å². The molecule has 0 atom stereocenters. The van der Waals surface area contributed by atoms with E-state index in [4.69, 9.17) is 27.6 Å². The van der Waals surface area contributed by atoms with Crippen LogP contribution in [0.15, 0.2) is 62.6 Å². The average molecular weight is 631 g/mol. The Hall–Kier alpha value is -4.20. The predicted octanol–water partition coefficient (Wildman–Crippen LogP) is 7.03. The predicted molar refractivity (Wildman–Crippen MR) is 136 cm³/mol. The van der Waals surface area contributed by atoms with Gasteiger partial charge in [0.2, 0.25) is 11.2 Å². The molecule has 0 radical (unpaired) electrons. The van der Waals surface area contributed by atoms with Gasteiger partial charge in [0.25, 0.3) is 0 Å². The third-order valence-electron chi connectivity index (χ3n) is 5.87. The van der Waals surface area contributed by atoms with Crippen molar-refractivity contribution in [2.75, 3.05) is 0 Å². The van der Waals surface area contributed by atoms with Crippen molar-refractivity contribution >= 4 is 50.3 Å². The molecule has 41 heavy (non-hydrogen) atoms. The number of aromatic carboxylic acids is 1. The summed E-state index contributed by atoms with van der Waals surface area (Å²) in [6.45, 7) is 0. The highest BCUT2D eigenvalue weighted by atomic mass is 35.5. The lowest BCUT2D eigenvalue weighted by Gasteiger charge is -2.18. The molecule has 1 N–H and O–H groups in total. The molecule has 210 valence electrons. The summed E-state index contributed by atoms with van der Waals surface area (Å²) in [6.07, 6.45) is 0. The number of hydrogen-bond donors (Lipinski definition) is 1. The number of carboxylic acids is 1. The monoisotopic (exact) mass is 630 g/mol. The highest BCUT2D eigenvalue weighted by Crippen LogP contribution is 2.45. The summed E-state index contributed by atoms with van der Waals surface area (Å²) in [4.78, 5) is 21.9. The minimum atomic E-state index is -5.73. The Bertz CT molecular complexity index is 2050. The van der Waals surface area contributed by atoms with E-state index in [9.17, 15) is 45.1 Å². The van der Waals surface area contributed by atoms with Crippen LogP contribution in [0.2, 0.25) is 10.0 Å². The molecule has 0 amide bonds. The maximum Gasteiger partial charge on any atom is 0.345 e. The molecule has 7 nitrogen and oxygen atoms in total. The fourth-order valence-corrected chi connectivity index (χ4v) is 5.59. The Kier molecular flexibility index (Phi) is 6.92. The van der Waals surface area contributed by atoms with Gasteiger partial charge in [-0.1, -0.05) is 41.4 Å². The van der Waals surface area contributed by atoms with Crippen molar-refractivity contribution in [2.45, 2.75) is 4.90 Å². The summed E-state index contributed by atoms with van der Waals surface area (Å²) in [6, 6.07) is 9.76. The first-order valence-electron chi connectivity index (χ1n) is 10.9. The minimum absolute atomic E-state index is 0.0481. The molecule has 0 bridgehead atoms. The maximum atomic E-state index is 14.2. The molecule has 1 aliphatic heterocycles. The number of carboxylic acid groups (broad SMARTS) is 1. The summed E-state index contributed by atoms with van der Waals surface area (Å²) < 4.78 is 105. The first kappa shape index (κ1) is 28.3. The van der Waals surface area contributed by atoms with E-state index in [1.807, 2.05) is 0 Å². The second kappa shape index (κ2) is 10.0. The van der Waals surface area contributed by atoms with E-state index in [1.54, 1.807) is 0 Å². The van der Waals surface area contributed by atoms with E-state index in [0.717, 1.165) is 18.2 Å². The third-order valence-corrected chi connectivity index (χ3v) is 7.72. The van der Waals surface area contributed by atoms with Crippen LogP contribution in [0.1, 0.15) is 10.4 Å². The summed E-state index contributed by atoms with van der Waals surface area (Å²) in [5, 5.41) is 9.01. The molecule has 5 rings (SSSR count). The fraction of sp³-hybridized carbons (Fsp3) is 0. The van der Waals surface area contributed by atoms with Gasteiger partial charge in [-0.2, -0.15) is 8.42 Å². The quantitative estimate of drug-likeness (QED) is 0.0729. The Morgan fingerprint density at radius 2 is 1.44 bits per heavy atom. The lowest BCUT2D eigenvalue weighted by atomic mass is 9.91. The SMILES string of the molecule is O=C(O)c1ccccc1-c1c2cc(Cl)c(=O)cc-2oc2cc(OS(=O)(=O)c3c(F)c(F)c(F)c(F)c3F)c(Cl)cc12. The zero-order chi connectivity index (χ0) is 30.0. The van der Waals surface area contributed by atoms with Gasteiger partial charge >= 0.3 is 16.1 Å². The Morgan fingerprint density at radius 1 is 0.829 bits per heavy atom. The Morgan fingerprint density at radius 3 is 2.07 bits per heavy atom. The zero-order valence-electron chi connectivity index (χ0n) is 19.6. The van der Waals surface area contributed by atoms with Gasteiger partial charge < -0.3 is 13.7 Å². The molecular weight excluding hydrogens is 622 g/mol. The normalized spacial score (nSPS) is 11.8. The first-order chi connectivity index (χ1) is 19.2. The van der Waals surface area contributed by atoms with Crippen LogP contribution >= 0.6 is 23.2 Å². The molecule has 3 aromatic carbocycles. The molecular formula is C26H9Cl2F5O7S. The average Bonchev–Trinajstić information content (AvgIpc) is 2.91. The van der Waals surface area contributed by atoms with Crippen LogP contribution in [0.25, 0.3) is 33.4 Å². The second-order valence-corrected chi connectivity index (χ2v) is 10.6. The minimum Gasteiger partial charge on any atom is -0.478 e. The summed E-state index contributed by atoms with van der Waals surface area (Å²) in [7, 11) is -5.73. The summed E-state index contributed by atoms with van der Waals surface area (Å²) in [5.74, 6) is -15.3. The molecule has 0 unspecified atom stereocenters. The van der Waals surface area contributed by atoms with E-state index >= 15 is 0 Å². The van der Waals surface area contributed by atoms with Gasteiger partial charge in [0, 0.05) is 28.6 Å². The van der Waals surface area contributed by atoms with Crippen molar-refractivity contribution in [1.29, 1.82) is 0 Å². The van der Waals surface area contributed by atoms with E-state index in [-0.39, 0.29) is 44.0 Å². The topological polar surface area (TPSA) is 111 Å². The standard InChI is InChI=1S/C26H9Cl2F5O7S/c27-13-5-11-16(7-15(13)34)39-17-8-18(40-41(37,38)25-23(32)21(30)20(29)22(31)24(25)33)14(28)6-12(17)19(11)9-3-1-2-4-10(9)26(35)36/h1-8H,(H,35,36). The van der Waals surface area contributed by atoms with Crippen LogP contribution < -0.4 is 9.61 Å². The molecule has 0 fully saturated rings. The van der Waals surface area contributed by atoms with E-state index in [1.165, 1.54) is 30.3 Å². The number of halogens is 7. The van der Waals surface area contributed by atoms with Gasteiger partial charge in [-0.05, 0) is 23.8 Å². The third kappa shape index (κ3) is 4.65. The van der Waals surface area contributed by atoms with Gasteiger partial charge in [-0.15, -0.1) is 0 Å². The van der Waals surface area contributed by atoms with Crippen LogP contribution in [0.3, 0.4) is 0 Å². The second-order valence-electron chi connectivity index (χ2n) is 8.32. The molecule has 0 spiro atoms. The van der Waals surface area contributed by atoms with Crippen LogP contribution in [-0.4, -0.2) is 19.5 Å². The highest BCUT2D eigenvalue weighted by Gasteiger charge is 2.36. The van der Waals surface area contributed by atoms with Gasteiger partial charge in [-0.3, -0.25) is 4.79 Å². The maximum absolute atomic E-state index is 14.2. The molecule has 0 aromatic heterocycles.